The Morgan fingerprint density at radius 1 is 1.16 bits per heavy atom. The second-order valence-electron chi connectivity index (χ2n) is 5.82. The largest absolute Gasteiger partial charge is 0.418 e. The number of nitrogens with one attached hydrogen (secondary N) is 1. The summed E-state index contributed by atoms with van der Waals surface area (Å²) in [6, 6.07) is 6.91. The number of halogens is 3. The van der Waals surface area contributed by atoms with Crippen molar-refractivity contribution in [3.05, 3.63) is 47.8 Å². The average molecular weight is 347 g/mol. The minimum atomic E-state index is -4.46. The van der Waals surface area contributed by atoms with Crippen LogP contribution in [0, 0.1) is 11.3 Å². The quantitative estimate of drug-likeness (QED) is 0.921. The van der Waals surface area contributed by atoms with Gasteiger partial charge in [-0.2, -0.15) is 18.4 Å². The molecule has 1 aromatic heterocycles. The molecule has 1 N–H and O–H groups in total. The molecule has 0 spiro atoms. The Balaban J connectivity index is 1.71. The third-order valence-electron chi connectivity index (χ3n) is 4.14. The predicted molar refractivity (Wildman–Crippen MR) is 87.0 cm³/mol. The molecule has 25 heavy (non-hydrogen) atoms. The van der Waals surface area contributed by atoms with E-state index in [2.05, 4.69) is 15.3 Å². The predicted octanol–water partition coefficient (Wildman–Crippen LogP) is 3.45. The van der Waals surface area contributed by atoms with Crippen LogP contribution in [0.2, 0.25) is 0 Å². The monoisotopic (exact) mass is 347 g/mol. The molecule has 0 atom stereocenters. The Hall–Kier alpha value is -2.82. The first kappa shape index (κ1) is 17.0. The lowest BCUT2D eigenvalue weighted by atomic mass is 10.0. The topological polar surface area (TPSA) is 64.8 Å². The van der Waals surface area contributed by atoms with E-state index in [4.69, 9.17) is 5.26 Å². The molecule has 130 valence electrons. The highest BCUT2D eigenvalue weighted by Gasteiger charge is 2.34. The van der Waals surface area contributed by atoms with Crippen molar-refractivity contribution in [3.63, 3.8) is 0 Å². The first-order valence-corrected chi connectivity index (χ1v) is 7.87. The van der Waals surface area contributed by atoms with Gasteiger partial charge in [-0.05, 0) is 37.1 Å². The van der Waals surface area contributed by atoms with Crippen LogP contribution in [0.15, 0.2) is 36.7 Å². The third kappa shape index (κ3) is 3.99. The van der Waals surface area contributed by atoms with Crippen LogP contribution < -0.4 is 10.2 Å². The van der Waals surface area contributed by atoms with Crippen molar-refractivity contribution < 1.29 is 13.2 Å². The highest BCUT2D eigenvalue weighted by atomic mass is 19.4. The first-order chi connectivity index (χ1) is 12.0. The second kappa shape index (κ2) is 6.97. The Bertz CT molecular complexity index is 762. The summed E-state index contributed by atoms with van der Waals surface area (Å²) in [4.78, 5) is 10.4. The Morgan fingerprint density at radius 2 is 1.84 bits per heavy atom. The van der Waals surface area contributed by atoms with Crippen LogP contribution in [0.4, 0.5) is 24.8 Å². The molecule has 0 amide bonds. The van der Waals surface area contributed by atoms with Crippen LogP contribution in [0.25, 0.3) is 0 Å². The van der Waals surface area contributed by atoms with Crippen molar-refractivity contribution in [3.8, 4) is 6.07 Å². The van der Waals surface area contributed by atoms with Gasteiger partial charge < -0.3 is 10.2 Å². The average Bonchev–Trinajstić information content (AvgIpc) is 2.62. The van der Waals surface area contributed by atoms with E-state index in [0.717, 1.165) is 6.07 Å². The summed E-state index contributed by atoms with van der Waals surface area (Å²) in [7, 11) is 0. The van der Waals surface area contributed by atoms with Gasteiger partial charge in [0.15, 0.2) is 0 Å². The van der Waals surface area contributed by atoms with E-state index in [0.29, 0.717) is 31.9 Å². The van der Waals surface area contributed by atoms with Crippen molar-refractivity contribution in [2.45, 2.75) is 25.1 Å². The van der Waals surface area contributed by atoms with Gasteiger partial charge in [0, 0.05) is 37.2 Å². The van der Waals surface area contributed by atoms with Crippen LogP contribution >= 0.6 is 0 Å². The molecular formula is C17H16F3N5. The number of nitrogens with zero attached hydrogens (tertiary/aromatic N) is 4. The molecule has 3 rings (SSSR count). The summed E-state index contributed by atoms with van der Waals surface area (Å²) in [6.45, 7) is 1.31. The number of benzene rings is 1. The summed E-state index contributed by atoms with van der Waals surface area (Å²) in [5, 5.41) is 11.9. The van der Waals surface area contributed by atoms with Gasteiger partial charge in [-0.1, -0.05) is 0 Å². The summed E-state index contributed by atoms with van der Waals surface area (Å²) < 4.78 is 39.5. The highest BCUT2D eigenvalue weighted by molar-refractivity contribution is 5.57. The maximum absolute atomic E-state index is 13.2. The highest BCUT2D eigenvalue weighted by Crippen LogP contribution is 2.36. The fourth-order valence-corrected chi connectivity index (χ4v) is 2.88. The van der Waals surface area contributed by atoms with Crippen LogP contribution in [0.3, 0.4) is 0 Å². The van der Waals surface area contributed by atoms with Crippen molar-refractivity contribution >= 4 is 11.6 Å². The fourth-order valence-electron chi connectivity index (χ4n) is 2.88. The summed E-state index contributed by atoms with van der Waals surface area (Å²) >= 11 is 0. The van der Waals surface area contributed by atoms with Gasteiger partial charge in [-0.25, -0.2) is 9.97 Å². The maximum atomic E-state index is 13.2. The van der Waals surface area contributed by atoms with Crippen LogP contribution in [0.1, 0.15) is 24.0 Å². The number of hydrogen-bond donors (Lipinski definition) is 1. The molecule has 1 fully saturated rings. The van der Waals surface area contributed by atoms with Crippen molar-refractivity contribution in [1.29, 1.82) is 5.26 Å². The minimum absolute atomic E-state index is 0.0408. The van der Waals surface area contributed by atoms with E-state index in [-0.39, 0.29) is 17.3 Å². The molecule has 8 heteroatoms. The molecule has 0 saturated carbocycles. The van der Waals surface area contributed by atoms with Crippen molar-refractivity contribution in [1.82, 2.24) is 9.97 Å². The second-order valence-corrected chi connectivity index (χ2v) is 5.82. The lowest BCUT2D eigenvalue weighted by Crippen LogP contribution is -2.40. The Kier molecular flexibility index (Phi) is 4.74. The lowest BCUT2D eigenvalue weighted by molar-refractivity contribution is -0.137. The number of piperidine rings is 1. The molecule has 0 aliphatic carbocycles. The minimum Gasteiger partial charge on any atom is -0.382 e. The van der Waals surface area contributed by atoms with Gasteiger partial charge in [-0.3, -0.25) is 0 Å². The lowest BCUT2D eigenvalue weighted by Gasteiger charge is -2.33. The van der Waals surface area contributed by atoms with Gasteiger partial charge in [-0.15, -0.1) is 0 Å². The Morgan fingerprint density at radius 3 is 2.44 bits per heavy atom. The van der Waals surface area contributed by atoms with E-state index >= 15 is 0 Å². The number of anilines is 2. The molecule has 0 bridgehead atoms. The van der Waals surface area contributed by atoms with E-state index < -0.39 is 11.7 Å². The molecule has 1 aromatic carbocycles. The number of rotatable bonds is 3. The molecule has 1 saturated heterocycles. The zero-order valence-electron chi connectivity index (χ0n) is 13.3. The molecule has 2 heterocycles. The van der Waals surface area contributed by atoms with Crippen LogP contribution in [-0.4, -0.2) is 29.1 Å². The molecule has 0 radical (unpaired) electrons. The zero-order valence-corrected chi connectivity index (χ0v) is 13.3. The van der Waals surface area contributed by atoms with Gasteiger partial charge >= 0.3 is 6.18 Å². The van der Waals surface area contributed by atoms with Crippen LogP contribution in [-0.2, 0) is 6.18 Å². The third-order valence-corrected chi connectivity index (χ3v) is 4.14. The van der Waals surface area contributed by atoms with E-state index in [1.54, 1.807) is 18.5 Å². The van der Waals surface area contributed by atoms with Crippen LogP contribution in [0.5, 0.6) is 0 Å². The van der Waals surface area contributed by atoms with Gasteiger partial charge in [0.25, 0.3) is 0 Å². The van der Waals surface area contributed by atoms with E-state index in [1.165, 1.54) is 12.1 Å². The summed E-state index contributed by atoms with van der Waals surface area (Å²) in [6.07, 6.45) is 0.179. The van der Waals surface area contributed by atoms with E-state index in [1.807, 2.05) is 11.0 Å². The molecule has 1 aliphatic rings. The standard InChI is InChI=1S/C17H16F3N5/c18-17(19,20)14-3-2-12(11-21)10-15(14)24-13-4-8-25(9-5-13)16-22-6-1-7-23-16/h1-3,6-7,10,13,24H,4-5,8-9H2. The number of hydrogen-bond acceptors (Lipinski definition) is 5. The Labute approximate surface area is 143 Å². The number of aromatic nitrogens is 2. The molecule has 1 aliphatic heterocycles. The summed E-state index contributed by atoms with van der Waals surface area (Å²) in [5.41, 5.74) is -0.591. The van der Waals surface area contributed by atoms with Gasteiger partial charge in [0.1, 0.15) is 0 Å². The maximum Gasteiger partial charge on any atom is 0.418 e. The first-order valence-electron chi connectivity index (χ1n) is 7.87. The van der Waals surface area contributed by atoms with Crippen molar-refractivity contribution in [2.75, 3.05) is 23.3 Å². The SMILES string of the molecule is N#Cc1ccc(C(F)(F)F)c(NC2CCN(c3ncccn3)CC2)c1. The molecule has 5 nitrogen and oxygen atoms in total. The molecular weight excluding hydrogens is 331 g/mol. The number of nitriles is 1. The molecule has 2 aromatic rings. The normalized spacial score (nSPS) is 15.7. The fraction of sp³-hybridized carbons (Fsp3) is 0.353. The van der Waals surface area contributed by atoms with Crippen molar-refractivity contribution in [2.24, 2.45) is 0 Å². The molecule has 0 unspecified atom stereocenters. The van der Waals surface area contributed by atoms with E-state index in [9.17, 15) is 13.2 Å². The summed E-state index contributed by atoms with van der Waals surface area (Å²) in [5.74, 6) is 0.628. The van der Waals surface area contributed by atoms with Gasteiger partial charge in [0.2, 0.25) is 5.95 Å². The van der Waals surface area contributed by atoms with Gasteiger partial charge in [0.05, 0.1) is 17.2 Å². The zero-order chi connectivity index (χ0) is 17.9. The smallest absolute Gasteiger partial charge is 0.382 e. The number of alkyl halides is 3.